The molecular weight excluding hydrogens is 295 g/mol. The molecule has 2 aromatic rings. The highest BCUT2D eigenvalue weighted by Crippen LogP contribution is 2.30. The van der Waals surface area contributed by atoms with Gasteiger partial charge in [-0.15, -0.1) is 0 Å². The van der Waals surface area contributed by atoms with Gasteiger partial charge in [0, 0.05) is 4.90 Å². The minimum Gasteiger partial charge on any atom is -0.449 e. The number of rotatable bonds is 3. The van der Waals surface area contributed by atoms with Crippen LogP contribution in [-0.4, -0.2) is 11.4 Å². The van der Waals surface area contributed by atoms with Crippen molar-refractivity contribution in [2.24, 2.45) is 0 Å². The third-order valence-electron chi connectivity index (χ3n) is 2.05. The van der Waals surface area contributed by atoms with Crippen molar-refractivity contribution in [1.29, 1.82) is 0 Å². The van der Waals surface area contributed by atoms with Gasteiger partial charge in [-0.2, -0.15) is 0 Å². The highest BCUT2D eigenvalue weighted by molar-refractivity contribution is 8.14. The van der Waals surface area contributed by atoms with Crippen LogP contribution < -0.4 is 0 Å². The SMILES string of the molecule is O=Cc1ccc(C(=O)Sc2ccc(Cl)c(Cl)c2)o1. The van der Waals surface area contributed by atoms with Crippen molar-refractivity contribution in [3.8, 4) is 0 Å². The monoisotopic (exact) mass is 300 g/mol. The fraction of sp³-hybridized carbons (Fsp3) is 0. The molecule has 0 aliphatic carbocycles. The van der Waals surface area contributed by atoms with E-state index in [1.165, 1.54) is 12.1 Å². The van der Waals surface area contributed by atoms with Gasteiger partial charge >= 0.3 is 0 Å². The summed E-state index contributed by atoms with van der Waals surface area (Å²) >= 11 is 12.6. The highest BCUT2D eigenvalue weighted by atomic mass is 35.5. The van der Waals surface area contributed by atoms with Crippen molar-refractivity contribution in [2.75, 3.05) is 0 Å². The molecule has 92 valence electrons. The Morgan fingerprint density at radius 3 is 2.56 bits per heavy atom. The zero-order valence-corrected chi connectivity index (χ0v) is 11.2. The average molecular weight is 301 g/mol. The first-order valence-corrected chi connectivity index (χ1v) is 6.39. The smallest absolute Gasteiger partial charge is 0.259 e. The molecular formula is C12H6Cl2O3S. The molecule has 0 bridgehead atoms. The number of aldehydes is 1. The minimum absolute atomic E-state index is 0.119. The standard InChI is InChI=1S/C12H6Cl2O3S/c13-9-3-2-8(5-10(9)14)18-12(16)11-4-1-7(6-15)17-11/h1-6H. The van der Waals surface area contributed by atoms with Gasteiger partial charge in [-0.05, 0) is 42.1 Å². The summed E-state index contributed by atoms with van der Waals surface area (Å²) in [6, 6.07) is 7.78. The summed E-state index contributed by atoms with van der Waals surface area (Å²) < 4.78 is 5.02. The number of carbonyl (C=O) groups excluding carboxylic acids is 2. The van der Waals surface area contributed by atoms with Crippen LogP contribution in [0.4, 0.5) is 0 Å². The van der Waals surface area contributed by atoms with Crippen LogP contribution in [0.15, 0.2) is 39.6 Å². The van der Waals surface area contributed by atoms with Gasteiger partial charge in [-0.1, -0.05) is 23.2 Å². The molecule has 0 amide bonds. The Morgan fingerprint density at radius 2 is 1.94 bits per heavy atom. The molecule has 0 radical (unpaired) electrons. The van der Waals surface area contributed by atoms with E-state index in [9.17, 15) is 9.59 Å². The molecule has 0 aliphatic rings. The van der Waals surface area contributed by atoms with Gasteiger partial charge in [0.2, 0.25) is 0 Å². The van der Waals surface area contributed by atoms with E-state index in [1.54, 1.807) is 18.2 Å². The van der Waals surface area contributed by atoms with Crippen LogP contribution in [0.25, 0.3) is 0 Å². The second-order valence-corrected chi connectivity index (χ2v) is 5.15. The lowest BCUT2D eigenvalue weighted by Crippen LogP contribution is -1.90. The van der Waals surface area contributed by atoms with Crippen LogP contribution in [-0.2, 0) is 0 Å². The lowest BCUT2D eigenvalue weighted by atomic mass is 10.4. The van der Waals surface area contributed by atoms with Crippen LogP contribution in [0.1, 0.15) is 21.1 Å². The van der Waals surface area contributed by atoms with E-state index >= 15 is 0 Å². The van der Waals surface area contributed by atoms with Gasteiger partial charge in [-0.25, -0.2) is 0 Å². The molecule has 3 nitrogen and oxygen atoms in total. The van der Waals surface area contributed by atoms with Crippen LogP contribution in [0.3, 0.4) is 0 Å². The number of carbonyl (C=O) groups is 2. The second kappa shape index (κ2) is 5.61. The third-order valence-corrected chi connectivity index (χ3v) is 3.66. The zero-order chi connectivity index (χ0) is 13.1. The molecule has 0 atom stereocenters. The molecule has 1 aromatic carbocycles. The number of benzene rings is 1. The maximum absolute atomic E-state index is 11.8. The summed E-state index contributed by atoms with van der Waals surface area (Å²) in [5, 5.41) is 0.499. The van der Waals surface area contributed by atoms with E-state index in [1.807, 2.05) is 0 Å². The van der Waals surface area contributed by atoms with E-state index in [2.05, 4.69) is 0 Å². The molecule has 0 aliphatic heterocycles. The molecule has 1 heterocycles. The number of thioether (sulfide) groups is 1. The highest BCUT2D eigenvalue weighted by Gasteiger charge is 2.13. The normalized spacial score (nSPS) is 10.3. The predicted octanol–water partition coefficient (Wildman–Crippen LogP) is 4.33. The first-order chi connectivity index (χ1) is 8.60. The molecule has 2 rings (SSSR count). The predicted molar refractivity (Wildman–Crippen MR) is 70.7 cm³/mol. The van der Waals surface area contributed by atoms with E-state index in [0.717, 1.165) is 11.8 Å². The van der Waals surface area contributed by atoms with Crippen LogP contribution >= 0.6 is 35.0 Å². The summed E-state index contributed by atoms with van der Waals surface area (Å²) in [4.78, 5) is 22.9. The van der Waals surface area contributed by atoms with Crippen LogP contribution in [0.2, 0.25) is 10.0 Å². The molecule has 0 saturated carbocycles. The van der Waals surface area contributed by atoms with Gasteiger partial charge < -0.3 is 4.42 Å². The van der Waals surface area contributed by atoms with Gasteiger partial charge in [0.1, 0.15) is 0 Å². The van der Waals surface area contributed by atoms with Gasteiger partial charge in [0.05, 0.1) is 10.0 Å². The fourth-order valence-electron chi connectivity index (χ4n) is 1.22. The molecule has 0 unspecified atom stereocenters. The Hall–Kier alpha value is -1.23. The largest absolute Gasteiger partial charge is 0.449 e. The Morgan fingerprint density at radius 1 is 1.17 bits per heavy atom. The quantitative estimate of drug-likeness (QED) is 0.625. The van der Waals surface area contributed by atoms with Crippen LogP contribution in [0, 0.1) is 0 Å². The number of hydrogen-bond acceptors (Lipinski definition) is 4. The van der Waals surface area contributed by atoms with Gasteiger partial charge in [0.25, 0.3) is 5.12 Å². The van der Waals surface area contributed by atoms with Crippen molar-refractivity contribution in [3.63, 3.8) is 0 Å². The molecule has 0 N–H and O–H groups in total. The molecule has 6 heteroatoms. The van der Waals surface area contributed by atoms with Crippen molar-refractivity contribution in [2.45, 2.75) is 4.90 Å². The van der Waals surface area contributed by atoms with E-state index < -0.39 is 0 Å². The first kappa shape index (κ1) is 13.2. The number of hydrogen-bond donors (Lipinski definition) is 0. The molecule has 1 aromatic heterocycles. The maximum atomic E-state index is 11.8. The molecule has 18 heavy (non-hydrogen) atoms. The molecule has 0 saturated heterocycles. The Labute approximate surface area is 117 Å². The summed E-state index contributed by atoms with van der Waals surface area (Å²) in [6.07, 6.45) is 0.542. The summed E-state index contributed by atoms with van der Waals surface area (Å²) in [5.74, 6) is 0.237. The number of furan rings is 1. The first-order valence-electron chi connectivity index (χ1n) is 4.82. The van der Waals surface area contributed by atoms with Gasteiger partial charge in [-0.3, -0.25) is 9.59 Å². The average Bonchev–Trinajstić information content (AvgIpc) is 2.82. The lowest BCUT2D eigenvalue weighted by molar-refractivity contribution is 0.105. The van der Waals surface area contributed by atoms with Crippen molar-refractivity contribution in [1.82, 2.24) is 0 Å². The molecule has 0 fully saturated rings. The van der Waals surface area contributed by atoms with Gasteiger partial charge in [0.15, 0.2) is 17.8 Å². The van der Waals surface area contributed by atoms with Crippen molar-refractivity contribution < 1.29 is 14.0 Å². The Balaban J connectivity index is 2.15. The van der Waals surface area contributed by atoms with E-state index in [4.69, 9.17) is 27.6 Å². The molecule has 0 spiro atoms. The Bertz CT molecular complexity index is 607. The summed E-state index contributed by atoms with van der Waals surface area (Å²) in [5.41, 5.74) is 0. The topological polar surface area (TPSA) is 47.3 Å². The van der Waals surface area contributed by atoms with E-state index in [-0.39, 0.29) is 16.6 Å². The minimum atomic E-state index is -0.304. The fourth-order valence-corrected chi connectivity index (χ4v) is 2.32. The van der Waals surface area contributed by atoms with Crippen molar-refractivity contribution >= 4 is 46.4 Å². The van der Waals surface area contributed by atoms with E-state index in [0.29, 0.717) is 21.2 Å². The maximum Gasteiger partial charge on any atom is 0.259 e. The van der Waals surface area contributed by atoms with Crippen LogP contribution in [0.5, 0.6) is 0 Å². The second-order valence-electron chi connectivity index (χ2n) is 3.29. The lowest BCUT2D eigenvalue weighted by Gasteiger charge is -2.00. The third kappa shape index (κ3) is 2.96. The summed E-state index contributed by atoms with van der Waals surface area (Å²) in [6.45, 7) is 0. The summed E-state index contributed by atoms with van der Waals surface area (Å²) in [7, 11) is 0. The zero-order valence-electron chi connectivity index (χ0n) is 8.85. The number of halogens is 2. The van der Waals surface area contributed by atoms with Crippen molar-refractivity contribution in [3.05, 3.63) is 51.9 Å². The Kier molecular flexibility index (Phi) is 4.11.